The van der Waals surface area contributed by atoms with Crippen LogP contribution >= 0.6 is 15.9 Å². The molecular formula is C13H16BrN3O3S. The van der Waals surface area contributed by atoms with Gasteiger partial charge in [0.2, 0.25) is 0 Å². The zero-order valence-corrected chi connectivity index (χ0v) is 13.9. The molecule has 1 aliphatic rings. The Balaban J connectivity index is 2.06. The van der Waals surface area contributed by atoms with Crippen molar-refractivity contribution < 1.29 is 12.8 Å². The zero-order chi connectivity index (χ0) is 15.2. The van der Waals surface area contributed by atoms with Crippen LogP contribution in [0.4, 0.5) is 5.82 Å². The van der Waals surface area contributed by atoms with E-state index >= 15 is 0 Å². The lowest BCUT2D eigenvalue weighted by Crippen LogP contribution is -2.15. The van der Waals surface area contributed by atoms with Crippen LogP contribution in [-0.2, 0) is 16.3 Å². The summed E-state index contributed by atoms with van der Waals surface area (Å²) in [5.41, 5.74) is 7.75. The molecule has 1 saturated heterocycles. The van der Waals surface area contributed by atoms with Crippen molar-refractivity contribution in [2.75, 3.05) is 17.2 Å². The quantitative estimate of drug-likeness (QED) is 0.891. The second-order valence-electron chi connectivity index (χ2n) is 5.17. The highest BCUT2D eigenvalue weighted by Crippen LogP contribution is 2.34. The van der Waals surface area contributed by atoms with E-state index in [0.29, 0.717) is 34.8 Å². The van der Waals surface area contributed by atoms with Crippen molar-refractivity contribution in [2.45, 2.75) is 25.8 Å². The average Bonchev–Trinajstić information content (AvgIpc) is 3.07. The van der Waals surface area contributed by atoms with Crippen LogP contribution in [0.2, 0.25) is 0 Å². The fraction of sp³-hybridized carbons (Fsp3) is 0.462. The number of nitrogen functional groups attached to an aromatic ring is 1. The number of hydrogen-bond donors (Lipinski definition) is 1. The molecule has 1 unspecified atom stereocenters. The Bertz CT molecular complexity index is 779. The molecule has 0 spiro atoms. The number of aromatic nitrogens is 2. The van der Waals surface area contributed by atoms with E-state index in [9.17, 15) is 8.42 Å². The normalized spacial score (nSPS) is 21.0. The molecule has 0 aliphatic carbocycles. The number of hydrogen-bond acceptors (Lipinski definition) is 5. The van der Waals surface area contributed by atoms with Gasteiger partial charge in [-0.15, -0.1) is 0 Å². The molecule has 0 saturated carbocycles. The van der Waals surface area contributed by atoms with Crippen molar-refractivity contribution in [1.29, 1.82) is 0 Å². The number of anilines is 1. The molecule has 1 aliphatic heterocycles. The van der Waals surface area contributed by atoms with Crippen LogP contribution < -0.4 is 5.73 Å². The summed E-state index contributed by atoms with van der Waals surface area (Å²) in [5.74, 6) is 1.45. The van der Waals surface area contributed by atoms with Gasteiger partial charge in [-0.2, -0.15) is 5.10 Å². The average molecular weight is 374 g/mol. The first kappa shape index (κ1) is 14.6. The SMILES string of the molecule is CCc1c(-c2ccc(Br)o2)nn(C2CCS(=O)(=O)C2)c1N. The first-order chi connectivity index (χ1) is 9.91. The maximum atomic E-state index is 11.7. The summed E-state index contributed by atoms with van der Waals surface area (Å²) in [4.78, 5) is 0. The fourth-order valence-electron chi connectivity index (χ4n) is 2.72. The van der Waals surface area contributed by atoms with Gasteiger partial charge in [0, 0.05) is 5.56 Å². The summed E-state index contributed by atoms with van der Waals surface area (Å²) >= 11 is 3.27. The Hall–Kier alpha value is -1.28. The molecule has 1 atom stereocenters. The standard InChI is InChI=1S/C13H16BrN3O3S/c1-2-9-12(10-3-4-11(14)20-10)16-17(13(9)15)8-5-6-21(18,19)7-8/h3-4,8H,2,5-7,15H2,1H3. The molecule has 3 rings (SSSR count). The summed E-state index contributed by atoms with van der Waals surface area (Å²) in [6, 6.07) is 3.43. The minimum Gasteiger partial charge on any atom is -0.448 e. The van der Waals surface area contributed by atoms with Gasteiger partial charge in [-0.3, -0.25) is 0 Å². The van der Waals surface area contributed by atoms with Crippen LogP contribution in [0, 0.1) is 0 Å². The second-order valence-corrected chi connectivity index (χ2v) is 8.18. The number of furan rings is 1. The molecule has 2 aromatic heterocycles. The van der Waals surface area contributed by atoms with Gasteiger partial charge in [0.25, 0.3) is 0 Å². The molecule has 6 nitrogen and oxygen atoms in total. The Kier molecular flexibility index (Phi) is 3.61. The lowest BCUT2D eigenvalue weighted by molar-refractivity contribution is 0.503. The van der Waals surface area contributed by atoms with Gasteiger partial charge in [0.15, 0.2) is 20.3 Å². The molecule has 8 heteroatoms. The van der Waals surface area contributed by atoms with Gasteiger partial charge >= 0.3 is 0 Å². The van der Waals surface area contributed by atoms with Crippen molar-refractivity contribution in [1.82, 2.24) is 9.78 Å². The number of rotatable bonds is 3. The van der Waals surface area contributed by atoms with E-state index in [2.05, 4.69) is 21.0 Å². The van der Waals surface area contributed by atoms with Gasteiger partial charge in [0.1, 0.15) is 11.5 Å². The molecule has 21 heavy (non-hydrogen) atoms. The highest BCUT2D eigenvalue weighted by atomic mass is 79.9. The predicted octanol–water partition coefficient (Wildman–Crippen LogP) is 2.41. The van der Waals surface area contributed by atoms with Crippen LogP contribution in [0.5, 0.6) is 0 Å². The van der Waals surface area contributed by atoms with Gasteiger partial charge in [0.05, 0.1) is 17.5 Å². The van der Waals surface area contributed by atoms with E-state index in [1.54, 1.807) is 10.7 Å². The zero-order valence-electron chi connectivity index (χ0n) is 11.5. The molecule has 1 fully saturated rings. The van der Waals surface area contributed by atoms with Crippen LogP contribution in [0.15, 0.2) is 21.2 Å². The van der Waals surface area contributed by atoms with Gasteiger partial charge in [-0.25, -0.2) is 13.1 Å². The minimum atomic E-state index is -2.98. The van der Waals surface area contributed by atoms with Crippen molar-refractivity contribution in [3.8, 4) is 11.5 Å². The maximum Gasteiger partial charge on any atom is 0.169 e. The van der Waals surface area contributed by atoms with Gasteiger partial charge in [-0.1, -0.05) is 6.92 Å². The Morgan fingerprint density at radius 1 is 1.52 bits per heavy atom. The maximum absolute atomic E-state index is 11.7. The number of halogens is 1. The highest BCUT2D eigenvalue weighted by molar-refractivity contribution is 9.10. The molecule has 0 radical (unpaired) electrons. The third-order valence-electron chi connectivity index (χ3n) is 3.76. The topological polar surface area (TPSA) is 91.1 Å². The van der Waals surface area contributed by atoms with Crippen LogP contribution in [0.25, 0.3) is 11.5 Å². The molecule has 2 N–H and O–H groups in total. The molecule has 2 aromatic rings. The van der Waals surface area contributed by atoms with Crippen molar-refractivity contribution in [3.63, 3.8) is 0 Å². The molecule has 0 bridgehead atoms. The Morgan fingerprint density at radius 3 is 2.81 bits per heavy atom. The smallest absolute Gasteiger partial charge is 0.169 e. The van der Waals surface area contributed by atoms with E-state index in [4.69, 9.17) is 10.2 Å². The summed E-state index contributed by atoms with van der Waals surface area (Å²) < 4.78 is 31.1. The first-order valence-electron chi connectivity index (χ1n) is 6.74. The van der Waals surface area contributed by atoms with Gasteiger partial charge < -0.3 is 10.2 Å². The number of nitrogens with two attached hydrogens (primary N) is 1. The van der Waals surface area contributed by atoms with E-state index in [1.165, 1.54) is 0 Å². The summed E-state index contributed by atoms with van der Waals surface area (Å²) in [5, 5.41) is 4.52. The lowest BCUT2D eigenvalue weighted by atomic mass is 10.1. The number of nitrogens with zero attached hydrogens (tertiary/aromatic N) is 2. The highest BCUT2D eigenvalue weighted by Gasteiger charge is 2.32. The summed E-state index contributed by atoms with van der Waals surface area (Å²) in [6.07, 6.45) is 1.26. The molecule has 3 heterocycles. The van der Waals surface area contributed by atoms with Crippen LogP contribution in [-0.4, -0.2) is 29.7 Å². The van der Waals surface area contributed by atoms with Crippen molar-refractivity contribution in [3.05, 3.63) is 22.4 Å². The van der Waals surface area contributed by atoms with Crippen molar-refractivity contribution >= 4 is 31.6 Å². The van der Waals surface area contributed by atoms with Crippen LogP contribution in [0.1, 0.15) is 24.9 Å². The first-order valence-corrected chi connectivity index (χ1v) is 9.35. The van der Waals surface area contributed by atoms with E-state index < -0.39 is 9.84 Å². The Labute approximate surface area is 131 Å². The van der Waals surface area contributed by atoms with E-state index in [1.807, 2.05) is 13.0 Å². The molecule has 0 aromatic carbocycles. The Morgan fingerprint density at radius 2 is 2.29 bits per heavy atom. The third-order valence-corrected chi connectivity index (χ3v) is 5.94. The van der Waals surface area contributed by atoms with E-state index in [-0.39, 0.29) is 17.5 Å². The van der Waals surface area contributed by atoms with E-state index in [0.717, 1.165) is 5.56 Å². The second kappa shape index (κ2) is 5.17. The van der Waals surface area contributed by atoms with Crippen molar-refractivity contribution in [2.24, 2.45) is 0 Å². The molecular weight excluding hydrogens is 358 g/mol. The lowest BCUT2D eigenvalue weighted by Gasteiger charge is -2.10. The largest absolute Gasteiger partial charge is 0.448 e. The molecule has 114 valence electrons. The summed E-state index contributed by atoms with van der Waals surface area (Å²) in [7, 11) is -2.98. The fourth-order valence-corrected chi connectivity index (χ4v) is 4.71. The monoisotopic (exact) mass is 373 g/mol. The van der Waals surface area contributed by atoms with Crippen LogP contribution in [0.3, 0.4) is 0 Å². The summed E-state index contributed by atoms with van der Waals surface area (Å²) in [6.45, 7) is 1.99. The molecule has 0 amide bonds. The van der Waals surface area contributed by atoms with Gasteiger partial charge in [-0.05, 0) is 40.9 Å². The number of sulfone groups is 1. The predicted molar refractivity (Wildman–Crippen MR) is 83.7 cm³/mol. The third kappa shape index (κ3) is 2.62. The minimum absolute atomic E-state index is 0.101.